The molecule has 176 valence electrons. The number of aromatic hydroxyl groups is 1. The molecule has 1 saturated heterocycles. The SMILES string of the molecule is COc1ccc([C@@H](c2ccc3c(ccc4c(C)cc(=O)oc43)c2O)N2CCOCC2)c(OC)c1. The fourth-order valence-corrected chi connectivity index (χ4v) is 4.85. The molecule has 0 saturated carbocycles. The van der Waals surface area contributed by atoms with E-state index < -0.39 is 5.63 Å². The van der Waals surface area contributed by atoms with Crippen molar-refractivity contribution in [2.45, 2.75) is 13.0 Å². The van der Waals surface area contributed by atoms with Crippen LogP contribution in [0.4, 0.5) is 0 Å². The molecule has 0 spiro atoms. The minimum atomic E-state index is -0.407. The average molecular weight is 462 g/mol. The first-order valence-corrected chi connectivity index (χ1v) is 11.2. The Balaban J connectivity index is 1.74. The van der Waals surface area contributed by atoms with Crippen molar-refractivity contribution in [3.8, 4) is 17.2 Å². The predicted molar refractivity (Wildman–Crippen MR) is 130 cm³/mol. The van der Waals surface area contributed by atoms with Gasteiger partial charge in [0.15, 0.2) is 0 Å². The van der Waals surface area contributed by atoms with Crippen LogP contribution in [0.15, 0.2) is 57.7 Å². The highest BCUT2D eigenvalue weighted by molar-refractivity contribution is 6.07. The van der Waals surface area contributed by atoms with Gasteiger partial charge in [0.05, 0.1) is 33.5 Å². The molecule has 3 aromatic carbocycles. The summed E-state index contributed by atoms with van der Waals surface area (Å²) in [5.41, 5.74) is 2.57. The summed E-state index contributed by atoms with van der Waals surface area (Å²) in [6.45, 7) is 4.52. The Kier molecular flexibility index (Phi) is 5.89. The first-order valence-electron chi connectivity index (χ1n) is 11.2. The lowest BCUT2D eigenvalue weighted by Crippen LogP contribution is -2.39. The van der Waals surface area contributed by atoms with Crippen molar-refractivity contribution in [2.24, 2.45) is 0 Å². The van der Waals surface area contributed by atoms with Crippen LogP contribution >= 0.6 is 0 Å². The Morgan fingerprint density at radius 1 is 0.912 bits per heavy atom. The van der Waals surface area contributed by atoms with E-state index in [1.165, 1.54) is 6.07 Å². The number of hydrogen-bond donors (Lipinski definition) is 1. The molecule has 7 heteroatoms. The van der Waals surface area contributed by atoms with Crippen LogP contribution in [-0.4, -0.2) is 50.5 Å². The van der Waals surface area contributed by atoms with Crippen molar-refractivity contribution in [3.05, 3.63) is 75.6 Å². The lowest BCUT2D eigenvalue weighted by atomic mass is 9.92. The molecule has 34 heavy (non-hydrogen) atoms. The molecule has 1 aliphatic rings. The number of morpholine rings is 1. The molecule has 0 radical (unpaired) electrons. The minimum Gasteiger partial charge on any atom is -0.507 e. The van der Waals surface area contributed by atoms with Crippen molar-refractivity contribution in [3.63, 3.8) is 0 Å². The second-order valence-electron chi connectivity index (χ2n) is 8.45. The van der Waals surface area contributed by atoms with Crippen molar-refractivity contribution < 1.29 is 23.7 Å². The molecule has 7 nitrogen and oxygen atoms in total. The summed E-state index contributed by atoms with van der Waals surface area (Å²) >= 11 is 0. The lowest BCUT2D eigenvalue weighted by Gasteiger charge is -2.36. The molecule has 1 atom stereocenters. The van der Waals surface area contributed by atoms with E-state index in [9.17, 15) is 9.90 Å². The van der Waals surface area contributed by atoms with Gasteiger partial charge in [0, 0.05) is 52.5 Å². The van der Waals surface area contributed by atoms with Crippen LogP contribution in [0.5, 0.6) is 17.2 Å². The summed E-state index contributed by atoms with van der Waals surface area (Å²) in [4.78, 5) is 14.3. The third-order valence-corrected chi connectivity index (χ3v) is 6.56. The van der Waals surface area contributed by atoms with Gasteiger partial charge < -0.3 is 23.7 Å². The van der Waals surface area contributed by atoms with Gasteiger partial charge in [-0.25, -0.2) is 4.79 Å². The zero-order valence-corrected chi connectivity index (χ0v) is 19.5. The number of phenols is 1. The van der Waals surface area contributed by atoms with Crippen molar-refractivity contribution >= 4 is 21.7 Å². The van der Waals surface area contributed by atoms with E-state index >= 15 is 0 Å². The van der Waals surface area contributed by atoms with Gasteiger partial charge in [-0.1, -0.05) is 12.1 Å². The van der Waals surface area contributed by atoms with Crippen LogP contribution in [0.3, 0.4) is 0 Å². The number of benzene rings is 3. The van der Waals surface area contributed by atoms with Crippen molar-refractivity contribution in [2.75, 3.05) is 40.5 Å². The van der Waals surface area contributed by atoms with E-state index in [1.807, 2.05) is 49.4 Å². The zero-order valence-electron chi connectivity index (χ0n) is 19.5. The smallest absolute Gasteiger partial charge is 0.336 e. The van der Waals surface area contributed by atoms with E-state index in [4.69, 9.17) is 18.6 Å². The fourth-order valence-electron chi connectivity index (χ4n) is 4.85. The molecular formula is C27H27NO6. The fraction of sp³-hybridized carbons (Fsp3) is 0.296. The number of nitrogens with zero attached hydrogens (tertiary/aromatic N) is 1. The largest absolute Gasteiger partial charge is 0.507 e. The normalized spacial score (nSPS) is 15.5. The predicted octanol–water partition coefficient (Wildman–Crippen LogP) is 4.40. The number of aryl methyl sites for hydroxylation is 1. The van der Waals surface area contributed by atoms with Gasteiger partial charge in [0.1, 0.15) is 22.8 Å². The average Bonchev–Trinajstić information content (AvgIpc) is 2.86. The monoisotopic (exact) mass is 461 g/mol. The van der Waals surface area contributed by atoms with E-state index in [1.54, 1.807) is 14.2 Å². The van der Waals surface area contributed by atoms with Crippen LogP contribution in [0.25, 0.3) is 21.7 Å². The van der Waals surface area contributed by atoms with Crippen molar-refractivity contribution in [1.82, 2.24) is 4.90 Å². The summed E-state index contributed by atoms with van der Waals surface area (Å²) < 4.78 is 22.2. The Morgan fingerprint density at radius 3 is 2.35 bits per heavy atom. The summed E-state index contributed by atoms with van der Waals surface area (Å²) in [7, 11) is 3.25. The third-order valence-electron chi connectivity index (χ3n) is 6.56. The van der Waals surface area contributed by atoms with E-state index in [0.29, 0.717) is 54.2 Å². The number of phenolic OH excluding ortho intramolecular Hbond substituents is 1. The van der Waals surface area contributed by atoms with Gasteiger partial charge in [-0.2, -0.15) is 0 Å². The molecule has 1 aliphatic heterocycles. The van der Waals surface area contributed by atoms with Gasteiger partial charge in [-0.3, -0.25) is 4.90 Å². The summed E-state index contributed by atoms with van der Waals surface area (Å²) in [5.74, 6) is 1.52. The van der Waals surface area contributed by atoms with Crippen LogP contribution in [0.1, 0.15) is 22.7 Å². The standard InChI is InChI=1S/C27H27NO6/c1-16-14-24(29)34-27-18(16)6-7-19-20(27)8-9-22(26(19)30)25(28-10-12-33-13-11-28)21-5-4-17(31-2)15-23(21)32-3/h4-9,14-15,25,30H,10-13H2,1-3H3/t25-/m0/s1. The van der Waals surface area contributed by atoms with E-state index in [0.717, 1.165) is 22.1 Å². The summed E-state index contributed by atoms with van der Waals surface area (Å²) in [6, 6.07) is 14.5. The number of rotatable bonds is 5. The number of hydrogen-bond acceptors (Lipinski definition) is 7. The van der Waals surface area contributed by atoms with Gasteiger partial charge in [0.25, 0.3) is 0 Å². The number of methoxy groups -OCH3 is 2. The Bertz CT molecular complexity index is 1420. The molecule has 1 fully saturated rings. The second kappa shape index (κ2) is 9.00. The first kappa shape index (κ1) is 22.3. The molecule has 4 aromatic rings. The highest BCUT2D eigenvalue weighted by Gasteiger charge is 2.30. The lowest BCUT2D eigenvalue weighted by molar-refractivity contribution is 0.0232. The highest BCUT2D eigenvalue weighted by atomic mass is 16.5. The maximum Gasteiger partial charge on any atom is 0.336 e. The third kappa shape index (κ3) is 3.77. The summed E-state index contributed by atoms with van der Waals surface area (Å²) in [6.07, 6.45) is 0. The highest BCUT2D eigenvalue weighted by Crippen LogP contribution is 2.43. The second-order valence-corrected chi connectivity index (χ2v) is 8.45. The molecule has 0 unspecified atom stereocenters. The Hall–Kier alpha value is -3.55. The summed E-state index contributed by atoms with van der Waals surface area (Å²) in [5, 5.41) is 13.7. The van der Waals surface area contributed by atoms with E-state index in [2.05, 4.69) is 4.90 Å². The molecule has 5 rings (SSSR count). The molecule has 0 aliphatic carbocycles. The maximum absolute atomic E-state index is 12.1. The quantitative estimate of drug-likeness (QED) is 0.349. The number of ether oxygens (including phenoxy) is 3. The van der Waals surface area contributed by atoms with Crippen LogP contribution in [-0.2, 0) is 4.74 Å². The zero-order chi connectivity index (χ0) is 23.8. The molecule has 1 N–H and O–H groups in total. The van der Waals surface area contributed by atoms with Crippen molar-refractivity contribution in [1.29, 1.82) is 0 Å². The molecule has 2 heterocycles. The first-order chi connectivity index (χ1) is 16.5. The van der Waals surface area contributed by atoms with Crippen LogP contribution in [0.2, 0.25) is 0 Å². The van der Waals surface area contributed by atoms with Gasteiger partial charge in [-0.15, -0.1) is 0 Å². The topological polar surface area (TPSA) is 81.4 Å². The number of fused-ring (bicyclic) bond motifs is 3. The van der Waals surface area contributed by atoms with E-state index in [-0.39, 0.29) is 11.8 Å². The van der Waals surface area contributed by atoms with Crippen LogP contribution < -0.4 is 15.1 Å². The maximum atomic E-state index is 12.1. The molecule has 0 amide bonds. The Labute approximate surface area is 197 Å². The molecular weight excluding hydrogens is 434 g/mol. The van der Waals surface area contributed by atoms with Gasteiger partial charge >= 0.3 is 5.63 Å². The van der Waals surface area contributed by atoms with Gasteiger partial charge in [0.2, 0.25) is 0 Å². The Morgan fingerprint density at radius 2 is 1.62 bits per heavy atom. The molecule has 0 bridgehead atoms. The minimum absolute atomic E-state index is 0.151. The molecule has 1 aromatic heterocycles. The van der Waals surface area contributed by atoms with Gasteiger partial charge in [-0.05, 0) is 36.8 Å². The van der Waals surface area contributed by atoms with Crippen LogP contribution in [0, 0.1) is 6.92 Å².